The molecule has 0 fully saturated rings. The Balaban J connectivity index is 1.55. The molecular formula is C23H18BrN5O2S2. The summed E-state index contributed by atoms with van der Waals surface area (Å²) in [6.07, 6.45) is 3.30. The SMILES string of the molecule is CC(=O)C1=C(C)NC(SCC(=O)Nc2nc3ccc(Br)cc3s2)=C(C#N)[C@@H]1c1cccnc1. The zero-order chi connectivity index (χ0) is 23.5. The maximum atomic E-state index is 12.6. The van der Waals surface area contributed by atoms with E-state index in [1.807, 2.05) is 24.3 Å². The second-order valence-corrected chi connectivity index (χ2v) is 10.2. The molecular weight excluding hydrogens is 522 g/mol. The lowest BCUT2D eigenvalue weighted by Gasteiger charge is -2.29. The van der Waals surface area contributed by atoms with Crippen molar-refractivity contribution >= 4 is 66.1 Å². The molecule has 4 rings (SSSR count). The highest BCUT2D eigenvalue weighted by Gasteiger charge is 2.33. The summed E-state index contributed by atoms with van der Waals surface area (Å²) in [5, 5.41) is 17.0. The number of nitrogens with one attached hydrogen (secondary N) is 2. The summed E-state index contributed by atoms with van der Waals surface area (Å²) in [6.45, 7) is 3.29. The summed E-state index contributed by atoms with van der Waals surface area (Å²) < 4.78 is 1.91. The van der Waals surface area contributed by atoms with Gasteiger partial charge in [0.25, 0.3) is 0 Å². The van der Waals surface area contributed by atoms with Crippen molar-refractivity contribution in [2.45, 2.75) is 19.8 Å². The molecule has 0 saturated carbocycles. The third kappa shape index (κ3) is 5.00. The number of Topliss-reactive ketones (excluding diaryl/α,β-unsaturated/α-hetero) is 1. The zero-order valence-corrected chi connectivity index (χ0v) is 20.9. The highest BCUT2D eigenvalue weighted by molar-refractivity contribution is 9.10. The minimum absolute atomic E-state index is 0.0789. The molecule has 0 saturated heterocycles. The first-order chi connectivity index (χ1) is 15.9. The topological polar surface area (TPSA) is 108 Å². The molecule has 0 unspecified atom stereocenters. The number of benzene rings is 1. The van der Waals surface area contributed by atoms with E-state index in [4.69, 9.17) is 0 Å². The normalized spacial score (nSPS) is 15.9. The highest BCUT2D eigenvalue weighted by Crippen LogP contribution is 2.40. The molecule has 3 heterocycles. The van der Waals surface area contributed by atoms with E-state index in [1.165, 1.54) is 30.0 Å². The lowest BCUT2D eigenvalue weighted by atomic mass is 9.81. The van der Waals surface area contributed by atoms with Gasteiger partial charge in [-0.1, -0.05) is 45.1 Å². The van der Waals surface area contributed by atoms with E-state index in [1.54, 1.807) is 25.4 Å². The summed E-state index contributed by atoms with van der Waals surface area (Å²) in [7, 11) is 0. The van der Waals surface area contributed by atoms with Crippen LogP contribution in [0.5, 0.6) is 0 Å². The van der Waals surface area contributed by atoms with E-state index in [-0.39, 0.29) is 17.4 Å². The molecule has 1 aliphatic rings. The van der Waals surface area contributed by atoms with E-state index < -0.39 is 5.92 Å². The number of nitrogens with zero attached hydrogens (tertiary/aromatic N) is 3. The number of nitriles is 1. The van der Waals surface area contributed by atoms with Gasteiger partial charge in [0.2, 0.25) is 5.91 Å². The summed E-state index contributed by atoms with van der Waals surface area (Å²) in [5.41, 5.74) is 3.14. The fourth-order valence-electron chi connectivity index (χ4n) is 3.62. The average Bonchev–Trinajstić information content (AvgIpc) is 3.18. The number of carbonyl (C=O) groups is 2. The van der Waals surface area contributed by atoms with Crippen LogP contribution < -0.4 is 10.6 Å². The van der Waals surface area contributed by atoms with Gasteiger partial charge in [0.1, 0.15) is 0 Å². The predicted molar refractivity (Wildman–Crippen MR) is 135 cm³/mol. The number of thioether (sulfide) groups is 1. The number of thiazole rings is 1. The number of hydrogen-bond acceptors (Lipinski definition) is 8. The first kappa shape index (κ1) is 23.2. The van der Waals surface area contributed by atoms with Crippen LogP contribution in [0, 0.1) is 11.3 Å². The fraction of sp³-hybridized carbons (Fsp3) is 0.174. The van der Waals surface area contributed by atoms with E-state index >= 15 is 0 Å². The molecule has 0 bridgehead atoms. The Morgan fingerprint density at radius 1 is 1.36 bits per heavy atom. The molecule has 10 heteroatoms. The first-order valence-corrected chi connectivity index (χ1v) is 12.5. The Kier molecular flexibility index (Phi) is 6.93. The van der Waals surface area contributed by atoms with Crippen molar-refractivity contribution in [3.05, 3.63) is 74.6 Å². The van der Waals surface area contributed by atoms with Crippen LogP contribution in [0.3, 0.4) is 0 Å². The van der Waals surface area contributed by atoms with Crippen LogP contribution in [0.25, 0.3) is 10.2 Å². The largest absolute Gasteiger partial charge is 0.353 e. The van der Waals surface area contributed by atoms with E-state index in [0.717, 1.165) is 20.3 Å². The molecule has 1 aromatic carbocycles. The lowest BCUT2D eigenvalue weighted by Crippen LogP contribution is -2.27. The molecule has 3 aromatic rings. The minimum atomic E-state index is -0.532. The standard InChI is InChI=1S/C23H18BrN5O2S2/c1-12-20(13(2)30)21(14-4-3-7-26-10-14)16(9-25)22(27-12)32-11-19(31)29-23-28-17-6-5-15(24)8-18(17)33-23/h3-8,10,21,27H,11H2,1-2H3,(H,28,29,31)/t21-/m0/s1. The number of anilines is 1. The van der Waals surface area contributed by atoms with Crippen LogP contribution in [0.1, 0.15) is 25.3 Å². The van der Waals surface area contributed by atoms with Crippen molar-refractivity contribution in [1.82, 2.24) is 15.3 Å². The van der Waals surface area contributed by atoms with Crippen molar-refractivity contribution in [3.8, 4) is 6.07 Å². The molecule has 1 amide bonds. The Bertz CT molecular complexity index is 1360. The van der Waals surface area contributed by atoms with Gasteiger partial charge in [-0.2, -0.15) is 5.26 Å². The van der Waals surface area contributed by atoms with E-state index in [9.17, 15) is 14.9 Å². The summed E-state index contributed by atoms with van der Waals surface area (Å²) in [4.78, 5) is 33.6. The lowest BCUT2D eigenvalue weighted by molar-refractivity contribution is -0.114. The number of ketones is 1. The quantitative estimate of drug-likeness (QED) is 0.447. The van der Waals surface area contributed by atoms with Crippen LogP contribution >= 0.6 is 39.0 Å². The molecule has 1 aliphatic heterocycles. The second kappa shape index (κ2) is 9.87. The molecule has 1 atom stereocenters. The number of halogens is 1. The van der Waals surface area contributed by atoms with Gasteiger partial charge in [-0.3, -0.25) is 14.6 Å². The number of pyridine rings is 1. The second-order valence-electron chi connectivity index (χ2n) is 7.26. The van der Waals surface area contributed by atoms with Crippen molar-refractivity contribution in [2.24, 2.45) is 0 Å². The molecule has 2 aromatic heterocycles. The smallest absolute Gasteiger partial charge is 0.236 e. The van der Waals surface area contributed by atoms with E-state index in [0.29, 0.717) is 27.0 Å². The van der Waals surface area contributed by atoms with Gasteiger partial charge in [-0.25, -0.2) is 4.98 Å². The summed E-state index contributed by atoms with van der Waals surface area (Å²) >= 11 is 6.05. The highest BCUT2D eigenvalue weighted by atomic mass is 79.9. The molecule has 0 spiro atoms. The minimum Gasteiger partial charge on any atom is -0.353 e. The third-order valence-corrected chi connectivity index (χ3v) is 7.43. The third-order valence-electron chi connectivity index (χ3n) is 4.99. The van der Waals surface area contributed by atoms with Gasteiger partial charge >= 0.3 is 0 Å². The van der Waals surface area contributed by atoms with Gasteiger partial charge in [0.15, 0.2) is 10.9 Å². The zero-order valence-electron chi connectivity index (χ0n) is 17.7. The fourth-order valence-corrected chi connectivity index (χ4v) is 5.94. The van der Waals surface area contributed by atoms with Crippen molar-refractivity contribution in [1.29, 1.82) is 5.26 Å². The number of carbonyl (C=O) groups excluding carboxylic acids is 2. The van der Waals surface area contributed by atoms with Crippen molar-refractivity contribution in [2.75, 3.05) is 11.1 Å². The molecule has 33 heavy (non-hydrogen) atoms. The Hall–Kier alpha value is -3.00. The van der Waals surface area contributed by atoms with Gasteiger partial charge in [0, 0.05) is 28.1 Å². The number of allylic oxidation sites excluding steroid dienone is 3. The Morgan fingerprint density at radius 3 is 2.88 bits per heavy atom. The number of amides is 1. The van der Waals surface area contributed by atoms with Gasteiger partial charge in [-0.05, 0) is 43.7 Å². The number of hydrogen-bond donors (Lipinski definition) is 2. The van der Waals surface area contributed by atoms with Crippen LogP contribution in [0.2, 0.25) is 0 Å². The number of aromatic nitrogens is 2. The molecule has 0 aliphatic carbocycles. The average molecular weight is 540 g/mol. The first-order valence-electron chi connectivity index (χ1n) is 9.89. The molecule has 0 radical (unpaired) electrons. The van der Waals surface area contributed by atoms with Crippen LogP contribution in [-0.2, 0) is 9.59 Å². The number of fused-ring (bicyclic) bond motifs is 1. The maximum absolute atomic E-state index is 12.6. The molecule has 166 valence electrons. The molecule has 7 nitrogen and oxygen atoms in total. The molecule has 2 N–H and O–H groups in total. The van der Waals surface area contributed by atoms with Crippen LogP contribution in [-0.4, -0.2) is 27.4 Å². The van der Waals surface area contributed by atoms with Crippen LogP contribution in [0.15, 0.2) is 69.1 Å². The van der Waals surface area contributed by atoms with E-state index in [2.05, 4.69) is 42.6 Å². The summed E-state index contributed by atoms with van der Waals surface area (Å²) in [6, 6.07) is 11.6. The van der Waals surface area contributed by atoms with Crippen LogP contribution in [0.4, 0.5) is 5.13 Å². The van der Waals surface area contributed by atoms with Crippen molar-refractivity contribution in [3.63, 3.8) is 0 Å². The maximum Gasteiger partial charge on any atom is 0.236 e. The van der Waals surface area contributed by atoms with Gasteiger partial charge in [-0.15, -0.1) is 0 Å². The Morgan fingerprint density at radius 2 is 2.18 bits per heavy atom. The monoisotopic (exact) mass is 539 g/mol. The Labute approximate surface area is 207 Å². The van der Waals surface area contributed by atoms with Gasteiger partial charge < -0.3 is 10.6 Å². The number of dihydropyridines is 1. The predicted octanol–water partition coefficient (Wildman–Crippen LogP) is 5.11. The number of rotatable bonds is 6. The van der Waals surface area contributed by atoms with Gasteiger partial charge in [0.05, 0.1) is 38.6 Å². The summed E-state index contributed by atoms with van der Waals surface area (Å²) in [5.74, 6) is -0.807. The van der Waals surface area contributed by atoms with Crippen molar-refractivity contribution < 1.29 is 9.59 Å².